The summed E-state index contributed by atoms with van der Waals surface area (Å²) in [6.07, 6.45) is 2.81. The van der Waals surface area contributed by atoms with Crippen LogP contribution in [0.3, 0.4) is 0 Å². The predicted molar refractivity (Wildman–Crippen MR) is 55.9 cm³/mol. The molecule has 0 bridgehead atoms. The van der Waals surface area contributed by atoms with Gasteiger partial charge in [-0.2, -0.15) is 0 Å². The van der Waals surface area contributed by atoms with E-state index in [1.165, 1.54) is 0 Å². The molecule has 0 amide bonds. The molecule has 0 aromatic carbocycles. The Hall–Kier alpha value is -1.25. The number of hydrogen-bond acceptors (Lipinski definition) is 3. The van der Waals surface area contributed by atoms with E-state index < -0.39 is 0 Å². The Labute approximate surface area is 85.1 Å². The van der Waals surface area contributed by atoms with Crippen LogP contribution in [-0.2, 0) is 6.42 Å². The van der Waals surface area contributed by atoms with Crippen molar-refractivity contribution in [3.8, 4) is 11.6 Å². The number of methoxy groups -OCH3 is 1. The minimum atomic E-state index is 0.176. The van der Waals surface area contributed by atoms with E-state index in [1.54, 1.807) is 13.3 Å². The molecular formula is C11H17NO2. The highest BCUT2D eigenvalue weighted by molar-refractivity contribution is 5.34. The van der Waals surface area contributed by atoms with Gasteiger partial charge in [0, 0.05) is 11.6 Å². The van der Waals surface area contributed by atoms with Crippen LogP contribution in [0.5, 0.6) is 11.6 Å². The Bertz CT molecular complexity index is 297. The fraction of sp³-hybridized carbons (Fsp3) is 0.545. The van der Waals surface area contributed by atoms with E-state index in [9.17, 15) is 0 Å². The molecule has 14 heavy (non-hydrogen) atoms. The Morgan fingerprint density at radius 2 is 2.14 bits per heavy atom. The summed E-state index contributed by atoms with van der Waals surface area (Å²) in [4.78, 5) is 4.11. The van der Waals surface area contributed by atoms with E-state index in [4.69, 9.17) is 9.47 Å². The molecule has 0 saturated carbocycles. The van der Waals surface area contributed by atoms with Gasteiger partial charge < -0.3 is 9.47 Å². The number of aromatic nitrogens is 1. The standard InChI is InChI=1S/C11H17NO2/c1-5-9-6-11(13-4)12-7-10(9)14-8(2)3/h6-8H,5H2,1-4H3. The van der Waals surface area contributed by atoms with E-state index in [-0.39, 0.29) is 6.10 Å². The minimum absolute atomic E-state index is 0.176. The molecule has 1 aromatic rings. The summed E-state index contributed by atoms with van der Waals surface area (Å²) < 4.78 is 10.7. The summed E-state index contributed by atoms with van der Waals surface area (Å²) in [6, 6.07) is 1.91. The van der Waals surface area contributed by atoms with E-state index in [0.29, 0.717) is 5.88 Å². The van der Waals surface area contributed by atoms with E-state index >= 15 is 0 Å². The van der Waals surface area contributed by atoms with Gasteiger partial charge in [-0.25, -0.2) is 4.98 Å². The first-order valence-corrected chi connectivity index (χ1v) is 4.87. The maximum absolute atomic E-state index is 5.62. The normalized spacial score (nSPS) is 10.4. The zero-order valence-electron chi connectivity index (χ0n) is 9.20. The summed E-state index contributed by atoms with van der Waals surface area (Å²) in [6.45, 7) is 6.09. The van der Waals surface area contributed by atoms with Crippen LogP contribution >= 0.6 is 0 Å². The molecule has 0 aliphatic heterocycles. The number of nitrogens with zero attached hydrogens (tertiary/aromatic N) is 1. The fourth-order valence-corrected chi connectivity index (χ4v) is 1.21. The van der Waals surface area contributed by atoms with Gasteiger partial charge in [0.05, 0.1) is 19.4 Å². The van der Waals surface area contributed by atoms with Gasteiger partial charge in [0.15, 0.2) is 0 Å². The maximum atomic E-state index is 5.62. The summed E-state index contributed by atoms with van der Waals surface area (Å²) in [7, 11) is 1.62. The lowest BCUT2D eigenvalue weighted by atomic mass is 10.2. The Balaban J connectivity index is 2.93. The van der Waals surface area contributed by atoms with Gasteiger partial charge in [-0.05, 0) is 20.3 Å². The van der Waals surface area contributed by atoms with Crippen molar-refractivity contribution in [2.24, 2.45) is 0 Å². The molecule has 3 heteroatoms. The minimum Gasteiger partial charge on any atom is -0.489 e. The quantitative estimate of drug-likeness (QED) is 0.739. The predicted octanol–water partition coefficient (Wildman–Crippen LogP) is 2.44. The first-order valence-electron chi connectivity index (χ1n) is 4.87. The maximum Gasteiger partial charge on any atom is 0.213 e. The Kier molecular flexibility index (Phi) is 3.74. The van der Waals surface area contributed by atoms with Gasteiger partial charge in [0.2, 0.25) is 5.88 Å². The second-order valence-electron chi connectivity index (χ2n) is 3.35. The molecule has 1 aromatic heterocycles. The van der Waals surface area contributed by atoms with Crippen molar-refractivity contribution < 1.29 is 9.47 Å². The number of aryl methyl sites for hydroxylation is 1. The molecule has 0 aliphatic rings. The van der Waals surface area contributed by atoms with Gasteiger partial charge in [-0.1, -0.05) is 6.92 Å². The highest BCUT2D eigenvalue weighted by Crippen LogP contribution is 2.22. The van der Waals surface area contributed by atoms with Crippen LogP contribution in [0.4, 0.5) is 0 Å². The molecular weight excluding hydrogens is 178 g/mol. The van der Waals surface area contributed by atoms with Crippen LogP contribution in [0.2, 0.25) is 0 Å². The summed E-state index contributed by atoms with van der Waals surface area (Å²) >= 11 is 0. The molecule has 0 aliphatic carbocycles. The number of hydrogen-bond donors (Lipinski definition) is 0. The molecule has 0 spiro atoms. The Morgan fingerprint density at radius 1 is 1.43 bits per heavy atom. The van der Waals surface area contributed by atoms with Crippen LogP contribution in [0.15, 0.2) is 12.3 Å². The molecule has 0 fully saturated rings. The van der Waals surface area contributed by atoms with Crippen molar-refractivity contribution in [1.82, 2.24) is 4.98 Å². The second kappa shape index (κ2) is 4.84. The fourth-order valence-electron chi connectivity index (χ4n) is 1.21. The van der Waals surface area contributed by atoms with Crippen molar-refractivity contribution in [1.29, 1.82) is 0 Å². The first kappa shape index (κ1) is 10.8. The average Bonchev–Trinajstić information content (AvgIpc) is 2.17. The molecule has 0 atom stereocenters. The van der Waals surface area contributed by atoms with Gasteiger partial charge in [0.1, 0.15) is 5.75 Å². The summed E-state index contributed by atoms with van der Waals surface area (Å²) in [5.41, 5.74) is 1.13. The molecule has 0 unspecified atom stereocenters. The lowest BCUT2D eigenvalue weighted by molar-refractivity contribution is 0.238. The molecule has 78 valence electrons. The topological polar surface area (TPSA) is 31.4 Å². The Morgan fingerprint density at radius 3 is 2.64 bits per heavy atom. The zero-order chi connectivity index (χ0) is 10.6. The third kappa shape index (κ3) is 2.62. The van der Waals surface area contributed by atoms with Crippen LogP contribution in [0.1, 0.15) is 26.3 Å². The van der Waals surface area contributed by atoms with E-state index in [0.717, 1.165) is 17.7 Å². The van der Waals surface area contributed by atoms with Gasteiger partial charge >= 0.3 is 0 Å². The monoisotopic (exact) mass is 195 g/mol. The number of pyridine rings is 1. The van der Waals surface area contributed by atoms with Crippen LogP contribution < -0.4 is 9.47 Å². The molecule has 0 saturated heterocycles. The van der Waals surface area contributed by atoms with E-state index in [1.807, 2.05) is 19.9 Å². The molecule has 1 heterocycles. The van der Waals surface area contributed by atoms with Crippen LogP contribution in [0.25, 0.3) is 0 Å². The molecule has 1 rings (SSSR count). The lowest BCUT2D eigenvalue weighted by Crippen LogP contribution is -2.08. The third-order valence-electron chi connectivity index (χ3n) is 1.88. The SMILES string of the molecule is CCc1cc(OC)ncc1OC(C)C. The smallest absolute Gasteiger partial charge is 0.213 e. The summed E-state index contributed by atoms with van der Waals surface area (Å²) in [5.74, 6) is 1.49. The third-order valence-corrected chi connectivity index (χ3v) is 1.88. The highest BCUT2D eigenvalue weighted by Gasteiger charge is 2.06. The van der Waals surface area contributed by atoms with Crippen LogP contribution in [-0.4, -0.2) is 18.2 Å². The summed E-state index contributed by atoms with van der Waals surface area (Å²) in [5, 5.41) is 0. The average molecular weight is 195 g/mol. The van der Waals surface area contributed by atoms with Crippen molar-refractivity contribution in [2.75, 3.05) is 7.11 Å². The van der Waals surface area contributed by atoms with Crippen molar-refractivity contribution in [2.45, 2.75) is 33.3 Å². The highest BCUT2D eigenvalue weighted by atomic mass is 16.5. The van der Waals surface area contributed by atoms with Gasteiger partial charge in [0.25, 0.3) is 0 Å². The largest absolute Gasteiger partial charge is 0.489 e. The van der Waals surface area contributed by atoms with Crippen molar-refractivity contribution >= 4 is 0 Å². The molecule has 0 radical (unpaired) electrons. The number of rotatable bonds is 4. The molecule has 3 nitrogen and oxygen atoms in total. The van der Waals surface area contributed by atoms with Gasteiger partial charge in [-0.3, -0.25) is 0 Å². The second-order valence-corrected chi connectivity index (χ2v) is 3.35. The van der Waals surface area contributed by atoms with Crippen molar-refractivity contribution in [3.63, 3.8) is 0 Å². The van der Waals surface area contributed by atoms with Crippen molar-refractivity contribution in [3.05, 3.63) is 17.8 Å². The number of ether oxygens (including phenoxy) is 2. The first-order chi connectivity index (χ1) is 6.67. The van der Waals surface area contributed by atoms with Gasteiger partial charge in [-0.15, -0.1) is 0 Å². The zero-order valence-corrected chi connectivity index (χ0v) is 9.20. The molecule has 0 N–H and O–H groups in total. The van der Waals surface area contributed by atoms with E-state index in [2.05, 4.69) is 11.9 Å². The van der Waals surface area contributed by atoms with Crippen LogP contribution in [0, 0.1) is 0 Å². The lowest BCUT2D eigenvalue weighted by Gasteiger charge is -2.13.